The number of nitrogens with one attached hydrogen (secondary N) is 1. The summed E-state index contributed by atoms with van der Waals surface area (Å²) in [6.45, 7) is 9.44. The molecule has 1 aromatic heterocycles. The number of hydrogen-bond acceptors (Lipinski definition) is 3. The van der Waals surface area contributed by atoms with Crippen molar-refractivity contribution in [3.63, 3.8) is 0 Å². The van der Waals surface area contributed by atoms with Gasteiger partial charge in [-0.25, -0.2) is 15.0 Å². The van der Waals surface area contributed by atoms with Crippen molar-refractivity contribution < 1.29 is 0 Å². The fraction of sp³-hybridized carbons (Fsp3) is 0.0741. The Morgan fingerprint density at radius 3 is 2.08 bits per heavy atom. The molecule has 0 unspecified atom stereocenters. The molecule has 1 aliphatic heterocycles. The van der Waals surface area contributed by atoms with Gasteiger partial charge < -0.3 is 5.32 Å². The number of benzene rings is 7. The number of rotatable bonds is 8. The quantitative estimate of drug-likeness (QED) is 0.124. The molecule has 2 heterocycles. The van der Waals surface area contributed by atoms with E-state index < -0.39 is 0 Å². The summed E-state index contributed by atoms with van der Waals surface area (Å²) in [7, 11) is 0. The number of hydrogen-bond donors (Lipinski definition) is 1. The number of anilines is 1. The van der Waals surface area contributed by atoms with Crippen molar-refractivity contribution in [3.8, 4) is 44.6 Å². The molecule has 0 fully saturated rings. The summed E-state index contributed by atoms with van der Waals surface area (Å²) < 4.78 is 0. The zero-order valence-corrected chi connectivity index (χ0v) is 33.2. The maximum Gasteiger partial charge on any atom is 0.161 e. The number of aryl methyl sites for hydroxylation is 1. The molecule has 0 amide bonds. The molecule has 1 N–H and O–H groups in total. The van der Waals surface area contributed by atoms with Gasteiger partial charge in [-0.15, -0.1) is 0 Å². The van der Waals surface area contributed by atoms with Crippen LogP contribution in [0.4, 0.5) is 5.69 Å². The molecule has 0 saturated carbocycles. The third kappa shape index (κ3) is 7.79. The van der Waals surface area contributed by atoms with Crippen LogP contribution in [0.2, 0.25) is 0 Å². The van der Waals surface area contributed by atoms with Gasteiger partial charge in [0.2, 0.25) is 0 Å². The summed E-state index contributed by atoms with van der Waals surface area (Å²) in [5.41, 5.74) is 17.4. The van der Waals surface area contributed by atoms with Gasteiger partial charge in [0.15, 0.2) is 11.7 Å². The molecule has 9 rings (SSSR count). The first-order valence-electron chi connectivity index (χ1n) is 20.0. The molecule has 0 aliphatic carbocycles. The highest BCUT2D eigenvalue weighted by Crippen LogP contribution is 2.37. The number of amidine groups is 2. The zero-order valence-electron chi connectivity index (χ0n) is 33.2. The van der Waals surface area contributed by atoms with E-state index in [1.165, 1.54) is 27.8 Å². The lowest BCUT2D eigenvalue weighted by Crippen LogP contribution is -2.06. The van der Waals surface area contributed by atoms with Crippen LogP contribution in [0, 0.1) is 13.8 Å². The smallest absolute Gasteiger partial charge is 0.161 e. The van der Waals surface area contributed by atoms with Crippen molar-refractivity contribution in [1.29, 1.82) is 0 Å². The highest BCUT2D eigenvalue weighted by atomic mass is 15.0. The molecule has 59 heavy (non-hydrogen) atoms. The molecule has 7 aromatic carbocycles. The molecule has 0 atom stereocenters. The Hall–Kier alpha value is -7.50. The number of fused-ring (bicyclic) bond motifs is 3. The van der Waals surface area contributed by atoms with Crippen LogP contribution < -0.4 is 5.32 Å². The molecular weight excluding hydrogens is 719 g/mol. The van der Waals surface area contributed by atoms with Crippen molar-refractivity contribution in [1.82, 2.24) is 4.98 Å². The van der Waals surface area contributed by atoms with Crippen LogP contribution >= 0.6 is 0 Å². The third-order valence-corrected chi connectivity index (χ3v) is 11.0. The van der Waals surface area contributed by atoms with Gasteiger partial charge in [0.1, 0.15) is 0 Å². The monoisotopic (exact) mass is 761 g/mol. The predicted molar refractivity (Wildman–Crippen MR) is 250 cm³/mol. The van der Waals surface area contributed by atoms with Crippen LogP contribution in [0.5, 0.6) is 0 Å². The fourth-order valence-corrected chi connectivity index (χ4v) is 7.92. The summed E-state index contributed by atoms with van der Waals surface area (Å²) in [5, 5.41) is 4.67. The molecule has 1 aliphatic rings. The highest BCUT2D eigenvalue weighted by molar-refractivity contribution is 6.12. The second kappa shape index (κ2) is 16.5. The van der Waals surface area contributed by atoms with E-state index in [-0.39, 0.29) is 0 Å². The Balaban J connectivity index is 1.19. The van der Waals surface area contributed by atoms with E-state index in [9.17, 15) is 0 Å². The Kier molecular flexibility index (Phi) is 10.4. The van der Waals surface area contributed by atoms with Crippen molar-refractivity contribution in [2.45, 2.75) is 20.4 Å². The van der Waals surface area contributed by atoms with Crippen molar-refractivity contribution in [2.24, 2.45) is 15.0 Å². The van der Waals surface area contributed by atoms with Gasteiger partial charge in [0.25, 0.3) is 0 Å². The minimum Gasteiger partial charge on any atom is -0.379 e. The molecule has 8 aromatic rings. The van der Waals surface area contributed by atoms with E-state index in [0.29, 0.717) is 18.2 Å². The molecule has 5 heteroatoms. The van der Waals surface area contributed by atoms with E-state index in [1.54, 1.807) is 0 Å². The van der Waals surface area contributed by atoms with Crippen molar-refractivity contribution >= 4 is 41.1 Å². The van der Waals surface area contributed by atoms with Crippen LogP contribution in [0.25, 0.3) is 61.6 Å². The Labute approximate surface area is 346 Å². The lowest BCUT2D eigenvalue weighted by atomic mass is 9.89. The van der Waals surface area contributed by atoms with Crippen LogP contribution in [0.15, 0.2) is 191 Å². The van der Waals surface area contributed by atoms with Crippen LogP contribution in [0.3, 0.4) is 0 Å². The number of nitrogens with zero attached hydrogens (tertiary/aromatic N) is 4. The normalized spacial score (nSPS) is 12.6. The van der Waals surface area contributed by atoms with Crippen LogP contribution in [0.1, 0.15) is 33.4 Å². The van der Waals surface area contributed by atoms with E-state index in [0.717, 1.165) is 73.3 Å². The second-order valence-electron chi connectivity index (χ2n) is 14.8. The maximum absolute atomic E-state index is 5.32. The number of aliphatic imine (C=N–C) groups is 3. The minimum absolute atomic E-state index is 0.380. The van der Waals surface area contributed by atoms with Gasteiger partial charge in [0.05, 0.1) is 23.4 Å². The summed E-state index contributed by atoms with van der Waals surface area (Å²) in [6.07, 6.45) is 4.31. The summed E-state index contributed by atoms with van der Waals surface area (Å²) >= 11 is 0. The Bertz CT molecular complexity index is 2920. The van der Waals surface area contributed by atoms with Crippen molar-refractivity contribution in [2.75, 3.05) is 11.9 Å². The van der Waals surface area contributed by atoms with Crippen LogP contribution in [-0.4, -0.2) is 29.9 Å². The van der Waals surface area contributed by atoms with E-state index in [4.69, 9.17) is 15.0 Å². The van der Waals surface area contributed by atoms with Gasteiger partial charge >= 0.3 is 0 Å². The number of aromatic nitrogens is 1. The van der Waals surface area contributed by atoms with Gasteiger partial charge in [-0.1, -0.05) is 158 Å². The van der Waals surface area contributed by atoms with E-state index in [1.807, 2.05) is 36.4 Å². The van der Waals surface area contributed by atoms with E-state index >= 15 is 0 Å². The summed E-state index contributed by atoms with van der Waals surface area (Å²) in [5.74, 6) is 1.09. The predicted octanol–water partition coefficient (Wildman–Crippen LogP) is 13.1. The van der Waals surface area contributed by atoms with Gasteiger partial charge in [-0.2, -0.15) is 0 Å². The Morgan fingerprint density at radius 2 is 1.29 bits per heavy atom. The summed E-state index contributed by atoms with van der Waals surface area (Å²) in [6, 6.07) is 59.3. The molecular formula is C54H43N5. The summed E-state index contributed by atoms with van der Waals surface area (Å²) in [4.78, 5) is 20.0. The molecule has 0 bridgehead atoms. The van der Waals surface area contributed by atoms with Gasteiger partial charge in [-0.3, -0.25) is 4.99 Å². The van der Waals surface area contributed by atoms with E-state index in [2.05, 4.69) is 176 Å². The molecule has 5 nitrogen and oxygen atoms in total. The Morgan fingerprint density at radius 1 is 0.610 bits per heavy atom. The average molecular weight is 762 g/mol. The van der Waals surface area contributed by atoms with Gasteiger partial charge in [-0.05, 0) is 100 Å². The fourth-order valence-electron chi connectivity index (χ4n) is 7.92. The lowest BCUT2D eigenvalue weighted by Gasteiger charge is -2.17. The molecule has 0 radical (unpaired) electrons. The molecule has 0 spiro atoms. The second-order valence-corrected chi connectivity index (χ2v) is 14.8. The molecule has 284 valence electrons. The SMILES string of the molecule is C=NC(=NC(=NCc1cc(-c2ccc3ccc4c(c3n2)NCC=C4)cc(-c2cccc(-c3ccccc3C)c2C)c1)c1ccc(-c2ccccc2)cc1)c1ccccc1. The molecule has 0 saturated heterocycles. The maximum atomic E-state index is 5.32. The van der Waals surface area contributed by atoms with Gasteiger partial charge in [0, 0.05) is 28.6 Å². The highest BCUT2D eigenvalue weighted by Gasteiger charge is 2.16. The first-order valence-corrected chi connectivity index (χ1v) is 20.0. The standard InChI is InChI=1S/C54H43N5/c1-36-14-10-11-20-47(36)49-22-12-21-48(37(49)2)45-32-38(33-46(34-45)50-30-29-42-26-25-41-19-13-31-56-51(41)52(42)58-50)35-57-54(59-53(55-3)43-17-8-5-9-18-43)44-27-23-40(24-28-44)39-15-6-4-7-16-39/h4-30,32-34,56H,3,31,35H2,1-2H3. The topological polar surface area (TPSA) is 62.0 Å². The third-order valence-electron chi connectivity index (χ3n) is 11.0. The van der Waals surface area contributed by atoms with Crippen LogP contribution in [-0.2, 0) is 6.54 Å². The number of pyridine rings is 1. The average Bonchev–Trinajstić information content (AvgIpc) is 3.30. The zero-order chi connectivity index (χ0) is 40.1. The minimum atomic E-state index is 0.380. The van der Waals surface area contributed by atoms with Crippen molar-refractivity contribution in [3.05, 3.63) is 209 Å². The first-order chi connectivity index (χ1) is 29.0. The first kappa shape index (κ1) is 37.1. The lowest BCUT2D eigenvalue weighted by molar-refractivity contribution is 1.06. The largest absolute Gasteiger partial charge is 0.379 e.